The van der Waals surface area contributed by atoms with E-state index in [-0.39, 0.29) is 0 Å². The maximum Gasteiger partial charge on any atom is 0.221 e. The Bertz CT molecular complexity index is 581. The summed E-state index contributed by atoms with van der Waals surface area (Å²) in [6.45, 7) is 0.327. The Kier molecular flexibility index (Phi) is 7.69. The highest BCUT2D eigenvalue weighted by Gasteiger charge is 2.10. The quantitative estimate of drug-likeness (QED) is 0.331. The third-order valence-electron chi connectivity index (χ3n) is 2.54. The number of aromatic nitrogens is 1. The first-order chi connectivity index (χ1) is 10.6. The molecule has 0 atom stereocenters. The lowest BCUT2D eigenvalue weighted by Crippen LogP contribution is -2.26. The monoisotopic (exact) mass is 323 g/mol. The number of hydrogen-bond donors (Lipinski definition) is 3. The van der Waals surface area contributed by atoms with Crippen LogP contribution in [0.1, 0.15) is 5.56 Å². The number of amides is 1. The second-order valence-electron chi connectivity index (χ2n) is 4.09. The van der Waals surface area contributed by atoms with Crippen molar-refractivity contribution in [3.8, 4) is 5.88 Å². The zero-order valence-corrected chi connectivity index (χ0v) is 12.8. The van der Waals surface area contributed by atoms with Crippen LogP contribution >= 0.6 is 11.6 Å². The number of nitrogens with one attached hydrogen (secondary N) is 1. The number of anilines is 1. The summed E-state index contributed by atoms with van der Waals surface area (Å²) in [6.07, 6.45) is 2.08. The molecule has 1 amide bonds. The van der Waals surface area contributed by atoms with Gasteiger partial charge in [0.05, 0.1) is 5.69 Å². The number of pyridine rings is 1. The zero-order chi connectivity index (χ0) is 16.4. The maximum absolute atomic E-state index is 8.94. The summed E-state index contributed by atoms with van der Waals surface area (Å²) in [5, 5.41) is 2.14. The predicted octanol–water partition coefficient (Wildman–Crippen LogP) is 1.23. The van der Waals surface area contributed by atoms with Gasteiger partial charge in [0, 0.05) is 29.9 Å². The Morgan fingerprint density at radius 1 is 1.36 bits per heavy atom. The lowest BCUT2D eigenvalue weighted by atomic mass is 10.2. The molecular weight excluding hydrogens is 306 g/mol. The molecule has 8 heteroatoms. The smallest absolute Gasteiger partial charge is 0.221 e. The number of carbonyl (C=O) groups is 1. The van der Waals surface area contributed by atoms with Gasteiger partial charge in [-0.1, -0.05) is 23.7 Å². The highest BCUT2D eigenvalue weighted by Crippen LogP contribution is 2.26. The number of nitrogens with zero attached hydrogens (tertiary/aromatic N) is 2. The lowest BCUT2D eigenvalue weighted by molar-refractivity contribution is -0.109. The lowest BCUT2D eigenvalue weighted by Gasteiger charge is -2.18. The summed E-state index contributed by atoms with van der Waals surface area (Å²) in [4.78, 5) is 13.0. The molecule has 1 aromatic carbocycles. The van der Waals surface area contributed by atoms with Crippen LogP contribution in [0.15, 0.2) is 42.6 Å². The topological polar surface area (TPSA) is 106 Å². The molecule has 22 heavy (non-hydrogen) atoms. The van der Waals surface area contributed by atoms with Crippen LogP contribution in [0, 0.1) is 0 Å². The Labute approximate surface area is 133 Å². The standard InChI is InChI=1S/C13H14ClN3O.CH4N2O/c1-17(15)12-6-4-5-11(14)10(12)9-18-13-7-2-3-8-16-13;2-3-1-4/h2-8H,9,15H2,1H3;1H,2H2,(H,3,4). The number of nitrogens with two attached hydrogens (primary N) is 2. The fraction of sp³-hybridized carbons (Fsp3) is 0.143. The first-order valence-corrected chi connectivity index (χ1v) is 6.67. The van der Waals surface area contributed by atoms with Gasteiger partial charge < -0.3 is 9.75 Å². The van der Waals surface area contributed by atoms with Gasteiger partial charge in [0.1, 0.15) is 6.61 Å². The normalized spacial score (nSPS) is 9.27. The average molecular weight is 324 g/mol. The highest BCUT2D eigenvalue weighted by molar-refractivity contribution is 6.31. The van der Waals surface area contributed by atoms with E-state index in [4.69, 9.17) is 27.0 Å². The van der Waals surface area contributed by atoms with E-state index in [1.807, 2.05) is 30.3 Å². The molecule has 0 bridgehead atoms. The highest BCUT2D eigenvalue weighted by atomic mass is 35.5. The van der Waals surface area contributed by atoms with E-state index in [0.29, 0.717) is 23.9 Å². The number of halogens is 1. The van der Waals surface area contributed by atoms with Gasteiger partial charge in [-0.3, -0.25) is 10.2 Å². The summed E-state index contributed by atoms with van der Waals surface area (Å²) in [5.41, 5.74) is 3.42. The number of hydrogen-bond acceptors (Lipinski definition) is 6. The Morgan fingerprint density at radius 3 is 2.64 bits per heavy atom. The molecular formula is C14H18ClN5O2. The van der Waals surface area contributed by atoms with Gasteiger partial charge in [-0.15, -0.1) is 0 Å². The third-order valence-corrected chi connectivity index (χ3v) is 2.90. The summed E-state index contributed by atoms with van der Waals surface area (Å²) >= 11 is 6.16. The fourth-order valence-corrected chi connectivity index (χ4v) is 1.82. The van der Waals surface area contributed by atoms with E-state index >= 15 is 0 Å². The van der Waals surface area contributed by atoms with E-state index < -0.39 is 0 Å². The number of ether oxygens (including phenoxy) is 1. The van der Waals surface area contributed by atoms with Gasteiger partial charge >= 0.3 is 0 Å². The molecule has 0 unspecified atom stereocenters. The average Bonchev–Trinajstić information content (AvgIpc) is 2.54. The van der Waals surface area contributed by atoms with E-state index in [0.717, 1.165) is 11.3 Å². The van der Waals surface area contributed by atoms with Crippen LogP contribution in [0.3, 0.4) is 0 Å². The van der Waals surface area contributed by atoms with Crippen LogP contribution in [0.2, 0.25) is 5.02 Å². The minimum Gasteiger partial charge on any atom is -0.473 e. The predicted molar refractivity (Wildman–Crippen MR) is 86.0 cm³/mol. The number of rotatable bonds is 5. The van der Waals surface area contributed by atoms with Crippen LogP contribution in [-0.2, 0) is 11.4 Å². The summed E-state index contributed by atoms with van der Waals surface area (Å²) in [5.74, 6) is 10.7. The largest absolute Gasteiger partial charge is 0.473 e. The maximum atomic E-state index is 8.94. The van der Waals surface area contributed by atoms with Crippen molar-refractivity contribution in [3.63, 3.8) is 0 Å². The van der Waals surface area contributed by atoms with Gasteiger partial charge in [0.25, 0.3) is 0 Å². The summed E-state index contributed by atoms with van der Waals surface area (Å²) in [7, 11) is 1.76. The summed E-state index contributed by atoms with van der Waals surface area (Å²) in [6, 6.07) is 11.1. The van der Waals surface area contributed by atoms with Crippen molar-refractivity contribution in [1.29, 1.82) is 0 Å². The van der Waals surface area contributed by atoms with Crippen LogP contribution < -0.4 is 26.9 Å². The first-order valence-electron chi connectivity index (χ1n) is 6.29. The van der Waals surface area contributed by atoms with Gasteiger partial charge in [-0.05, 0) is 18.2 Å². The molecule has 118 valence electrons. The second-order valence-corrected chi connectivity index (χ2v) is 4.50. The van der Waals surface area contributed by atoms with Crippen molar-refractivity contribution in [2.45, 2.75) is 6.61 Å². The molecule has 0 saturated carbocycles. The van der Waals surface area contributed by atoms with E-state index in [1.54, 1.807) is 24.7 Å². The van der Waals surface area contributed by atoms with Crippen LogP contribution in [-0.4, -0.2) is 18.4 Å². The number of hydrazine groups is 2. The van der Waals surface area contributed by atoms with Crippen molar-refractivity contribution >= 4 is 23.7 Å². The van der Waals surface area contributed by atoms with Gasteiger partial charge in [0.15, 0.2) is 0 Å². The van der Waals surface area contributed by atoms with Crippen molar-refractivity contribution in [1.82, 2.24) is 10.4 Å². The van der Waals surface area contributed by atoms with Crippen molar-refractivity contribution < 1.29 is 9.53 Å². The van der Waals surface area contributed by atoms with Crippen LogP contribution in [0.5, 0.6) is 5.88 Å². The third kappa shape index (κ3) is 5.57. The van der Waals surface area contributed by atoms with Crippen LogP contribution in [0.25, 0.3) is 0 Å². The molecule has 0 aliphatic heterocycles. The van der Waals surface area contributed by atoms with Gasteiger partial charge in [0.2, 0.25) is 12.3 Å². The molecule has 7 nitrogen and oxygen atoms in total. The van der Waals surface area contributed by atoms with E-state index in [1.165, 1.54) is 5.01 Å². The van der Waals surface area contributed by atoms with Gasteiger partial charge in [-0.25, -0.2) is 16.7 Å². The number of benzene rings is 1. The first kappa shape index (κ1) is 17.7. The fourth-order valence-electron chi connectivity index (χ4n) is 1.60. The van der Waals surface area contributed by atoms with E-state index in [2.05, 4.69) is 10.8 Å². The Morgan fingerprint density at radius 2 is 2.09 bits per heavy atom. The summed E-state index contributed by atoms with van der Waals surface area (Å²) < 4.78 is 5.59. The minimum atomic E-state index is 0.327. The molecule has 1 aromatic heterocycles. The molecule has 1 heterocycles. The Balaban J connectivity index is 0.000000541. The zero-order valence-electron chi connectivity index (χ0n) is 12.1. The molecule has 0 aliphatic carbocycles. The molecule has 0 spiro atoms. The van der Waals surface area contributed by atoms with Crippen molar-refractivity contribution in [2.75, 3.05) is 12.1 Å². The molecule has 5 N–H and O–H groups in total. The minimum absolute atomic E-state index is 0.327. The molecule has 0 aliphatic rings. The molecule has 0 radical (unpaired) electrons. The SMILES string of the molecule is CN(N)c1cccc(Cl)c1COc1ccccn1.NNC=O. The van der Waals surface area contributed by atoms with Crippen LogP contribution in [0.4, 0.5) is 5.69 Å². The van der Waals surface area contributed by atoms with Crippen molar-refractivity contribution in [2.24, 2.45) is 11.7 Å². The van der Waals surface area contributed by atoms with Crippen molar-refractivity contribution in [3.05, 3.63) is 53.2 Å². The Hall–Kier alpha value is -2.35. The number of carbonyl (C=O) groups excluding carboxylic acids is 1. The molecule has 2 rings (SSSR count). The molecule has 0 saturated heterocycles. The molecule has 2 aromatic rings. The van der Waals surface area contributed by atoms with Gasteiger partial charge in [-0.2, -0.15) is 0 Å². The molecule has 0 fully saturated rings. The second kappa shape index (κ2) is 9.56. The van der Waals surface area contributed by atoms with E-state index in [9.17, 15) is 0 Å².